The third kappa shape index (κ3) is 10.1. The molecule has 2 rings (SSSR count). The molecule has 1 aromatic carbocycles. The molecule has 0 aliphatic carbocycles. The second-order valence-corrected chi connectivity index (χ2v) is 13.1. The summed E-state index contributed by atoms with van der Waals surface area (Å²) < 4.78 is 5.46. The van der Waals surface area contributed by atoms with Gasteiger partial charge in [-0.2, -0.15) is 0 Å². The first kappa shape index (κ1) is 30.8. The molecule has 1 aliphatic rings. The van der Waals surface area contributed by atoms with Crippen LogP contribution in [-0.2, 0) is 21.2 Å². The molecule has 2 N–H and O–H groups in total. The van der Waals surface area contributed by atoms with E-state index in [1.54, 1.807) is 0 Å². The average molecular weight is 515 g/mol. The van der Waals surface area contributed by atoms with Crippen LogP contribution in [-0.4, -0.2) is 45.8 Å². The summed E-state index contributed by atoms with van der Waals surface area (Å²) in [6.07, 6.45) is 5.79. The summed E-state index contributed by atoms with van der Waals surface area (Å²) in [5.41, 5.74) is -0.663. The molecule has 1 radical (unpaired) electrons. The van der Waals surface area contributed by atoms with E-state index in [1.807, 2.05) is 91.0 Å². The molecule has 1 aliphatic heterocycles. The molecule has 0 aromatic heterocycles. The number of piperidine rings is 1. The zero-order valence-electron chi connectivity index (χ0n) is 24.3. The van der Waals surface area contributed by atoms with Crippen LogP contribution in [0.2, 0.25) is 0 Å². The highest BCUT2D eigenvalue weighted by Gasteiger charge is 2.46. The normalized spacial score (nSPS) is 20.0. The smallest absolute Gasteiger partial charge is 0.408 e. The van der Waals surface area contributed by atoms with Gasteiger partial charge in [-0.15, -0.1) is 10.3 Å². The monoisotopic (exact) mass is 514 g/mol. The Balaban J connectivity index is 2.24. The number of carbonyl (C=O) groups is 2. The van der Waals surface area contributed by atoms with Gasteiger partial charge in [-0.1, -0.05) is 56.3 Å². The molecule has 0 bridgehead atoms. The van der Waals surface area contributed by atoms with E-state index in [-0.39, 0.29) is 18.0 Å². The summed E-state index contributed by atoms with van der Waals surface area (Å²) in [6.45, 7) is 17.4. The van der Waals surface area contributed by atoms with Gasteiger partial charge < -0.3 is 15.4 Å². The summed E-state index contributed by atoms with van der Waals surface area (Å²) in [5.74, 6) is -0.154. The second-order valence-electron chi connectivity index (χ2n) is 13.1. The van der Waals surface area contributed by atoms with Crippen molar-refractivity contribution in [2.45, 2.75) is 117 Å². The first-order valence-corrected chi connectivity index (χ1v) is 13.5. The van der Waals surface area contributed by atoms with Gasteiger partial charge in [0.05, 0.1) is 12.0 Å². The van der Waals surface area contributed by atoms with E-state index < -0.39 is 28.7 Å². The van der Waals surface area contributed by atoms with Crippen LogP contribution in [0.5, 0.6) is 0 Å². The number of hydrogen-bond donors (Lipinski definition) is 2. The Kier molecular flexibility index (Phi) is 10.4. The second kappa shape index (κ2) is 12.4. The number of nitrogens with zero attached hydrogens (tertiary/aromatic N) is 1. The zero-order chi connectivity index (χ0) is 28.0. The van der Waals surface area contributed by atoms with Gasteiger partial charge in [0.15, 0.2) is 0 Å². The SMILES string of the molecule is CC(C)C[C@H](/C=C/C(Cc1ccccc1)C(=O)NC1CC(C)(C)N([O])C(C)(C)C1)NC(=O)OC(C)(C)C. The van der Waals surface area contributed by atoms with Crippen LogP contribution in [0.15, 0.2) is 42.5 Å². The lowest BCUT2D eigenvalue weighted by Gasteiger charge is -2.50. The minimum atomic E-state index is -0.590. The summed E-state index contributed by atoms with van der Waals surface area (Å²) >= 11 is 0. The molecular weight excluding hydrogens is 466 g/mol. The van der Waals surface area contributed by atoms with Crippen molar-refractivity contribution in [3.05, 3.63) is 48.0 Å². The van der Waals surface area contributed by atoms with Crippen molar-refractivity contribution < 1.29 is 19.5 Å². The fraction of sp³-hybridized carbons (Fsp3) is 0.667. The van der Waals surface area contributed by atoms with Gasteiger partial charge in [-0.3, -0.25) is 4.79 Å². The van der Waals surface area contributed by atoms with E-state index >= 15 is 0 Å². The number of rotatable bonds is 9. The maximum absolute atomic E-state index is 13.6. The van der Waals surface area contributed by atoms with Gasteiger partial charge in [0.25, 0.3) is 0 Å². The molecule has 1 fully saturated rings. The van der Waals surface area contributed by atoms with Crippen LogP contribution in [0.25, 0.3) is 0 Å². The number of hydrogen-bond acceptors (Lipinski definition) is 4. The third-order valence-corrected chi connectivity index (χ3v) is 6.58. The minimum Gasteiger partial charge on any atom is -0.444 e. The lowest BCUT2D eigenvalue weighted by atomic mass is 9.78. The quantitative estimate of drug-likeness (QED) is 0.406. The molecule has 0 saturated carbocycles. The highest BCUT2D eigenvalue weighted by molar-refractivity contribution is 5.81. The molecule has 1 heterocycles. The Morgan fingerprint density at radius 1 is 1.05 bits per heavy atom. The van der Waals surface area contributed by atoms with Crippen molar-refractivity contribution in [2.75, 3.05) is 0 Å². The molecule has 1 unspecified atom stereocenters. The first-order valence-electron chi connectivity index (χ1n) is 13.5. The van der Waals surface area contributed by atoms with Gasteiger partial charge in [-0.05, 0) is 85.6 Å². The molecule has 1 saturated heterocycles. The van der Waals surface area contributed by atoms with E-state index in [9.17, 15) is 14.8 Å². The molecule has 7 nitrogen and oxygen atoms in total. The topological polar surface area (TPSA) is 90.6 Å². The standard InChI is InChI=1S/C30H48N3O4/c1-21(2)17-24(32-27(35)37-28(3,4)5)16-15-23(18-22-13-11-10-12-14-22)26(34)31-25-19-29(6,7)33(36)30(8,9)20-25/h10-16,21,23-25H,17-20H2,1-9H3,(H,31,34)(H,32,35)/b16-15+/t23?,24-/m0/s1. The van der Waals surface area contributed by atoms with E-state index in [0.29, 0.717) is 25.2 Å². The largest absolute Gasteiger partial charge is 0.444 e. The highest BCUT2D eigenvalue weighted by atomic mass is 16.6. The first-order chi connectivity index (χ1) is 17.0. The molecule has 7 heteroatoms. The van der Waals surface area contributed by atoms with Crippen LogP contribution < -0.4 is 10.6 Å². The molecule has 37 heavy (non-hydrogen) atoms. The van der Waals surface area contributed by atoms with Crippen molar-refractivity contribution in [1.82, 2.24) is 15.7 Å². The Labute approximate surface area is 224 Å². The van der Waals surface area contributed by atoms with Gasteiger partial charge in [0, 0.05) is 17.1 Å². The van der Waals surface area contributed by atoms with Crippen molar-refractivity contribution in [3.63, 3.8) is 0 Å². The number of nitrogens with one attached hydrogen (secondary N) is 2. The summed E-state index contributed by atoms with van der Waals surface area (Å²) in [5, 5.41) is 20.1. The summed E-state index contributed by atoms with van der Waals surface area (Å²) in [7, 11) is 0. The van der Waals surface area contributed by atoms with Crippen molar-refractivity contribution in [3.8, 4) is 0 Å². The highest BCUT2D eigenvalue weighted by Crippen LogP contribution is 2.37. The van der Waals surface area contributed by atoms with Crippen molar-refractivity contribution >= 4 is 12.0 Å². The van der Waals surface area contributed by atoms with Crippen molar-refractivity contribution in [1.29, 1.82) is 0 Å². The lowest BCUT2D eigenvalue weighted by molar-refractivity contribution is -0.290. The minimum absolute atomic E-state index is 0.0726. The number of carbonyl (C=O) groups excluding carboxylic acids is 2. The number of alkyl carbamates (subject to hydrolysis) is 1. The fourth-order valence-electron chi connectivity index (χ4n) is 5.21. The van der Waals surface area contributed by atoms with Gasteiger partial charge in [0.1, 0.15) is 5.60 Å². The van der Waals surface area contributed by atoms with E-state index in [4.69, 9.17) is 4.74 Å². The van der Waals surface area contributed by atoms with Gasteiger partial charge in [0.2, 0.25) is 5.91 Å². The molecular formula is C30H48N3O4. The van der Waals surface area contributed by atoms with Crippen LogP contribution in [0, 0.1) is 11.8 Å². The predicted molar refractivity (Wildman–Crippen MR) is 147 cm³/mol. The molecule has 0 spiro atoms. The fourth-order valence-corrected chi connectivity index (χ4v) is 5.21. The molecule has 1 aromatic rings. The van der Waals surface area contributed by atoms with Crippen molar-refractivity contribution in [2.24, 2.45) is 11.8 Å². The molecule has 2 amide bonds. The van der Waals surface area contributed by atoms with Crippen LogP contribution in [0.1, 0.15) is 87.1 Å². The Bertz CT molecular complexity index is 901. The lowest BCUT2D eigenvalue weighted by Crippen LogP contribution is -2.62. The predicted octanol–water partition coefficient (Wildman–Crippen LogP) is 5.82. The maximum atomic E-state index is 13.6. The van der Waals surface area contributed by atoms with E-state index in [1.165, 1.54) is 5.06 Å². The van der Waals surface area contributed by atoms with E-state index in [0.717, 1.165) is 12.0 Å². The van der Waals surface area contributed by atoms with Gasteiger partial charge >= 0.3 is 6.09 Å². The Hall–Kier alpha value is -2.38. The van der Waals surface area contributed by atoms with Gasteiger partial charge in [-0.25, -0.2) is 4.79 Å². The van der Waals surface area contributed by atoms with Crippen LogP contribution in [0.4, 0.5) is 4.79 Å². The van der Waals surface area contributed by atoms with E-state index in [2.05, 4.69) is 24.5 Å². The molecule has 207 valence electrons. The average Bonchev–Trinajstić information content (AvgIpc) is 2.73. The number of benzene rings is 1. The number of amides is 2. The van der Waals surface area contributed by atoms with Crippen LogP contribution >= 0.6 is 0 Å². The number of ether oxygens (including phenoxy) is 1. The summed E-state index contributed by atoms with van der Waals surface area (Å²) in [4.78, 5) is 26.1. The zero-order valence-corrected chi connectivity index (χ0v) is 24.3. The Morgan fingerprint density at radius 3 is 2.14 bits per heavy atom. The Morgan fingerprint density at radius 2 is 1.62 bits per heavy atom. The number of hydroxylamine groups is 2. The summed E-state index contributed by atoms with van der Waals surface area (Å²) in [6, 6.07) is 9.56. The third-order valence-electron chi connectivity index (χ3n) is 6.58. The molecule has 2 atom stereocenters. The van der Waals surface area contributed by atoms with Crippen LogP contribution in [0.3, 0.4) is 0 Å². The maximum Gasteiger partial charge on any atom is 0.408 e.